The Morgan fingerprint density at radius 3 is 2.28 bits per heavy atom. The van der Waals surface area contributed by atoms with Crippen LogP contribution in [-0.2, 0) is 26.1 Å². The van der Waals surface area contributed by atoms with Gasteiger partial charge in [-0.15, -0.1) is 0 Å². The van der Waals surface area contributed by atoms with Crippen LogP contribution >= 0.6 is 0 Å². The number of piperidine rings is 1. The van der Waals surface area contributed by atoms with Crippen LogP contribution in [-0.4, -0.2) is 85.8 Å². The highest BCUT2D eigenvalue weighted by molar-refractivity contribution is 7.91. The van der Waals surface area contributed by atoms with Crippen LogP contribution in [0.25, 0.3) is 22.2 Å². The zero-order valence-electron chi connectivity index (χ0n) is 30.3. The Bertz CT molecular complexity index is 1830. The van der Waals surface area contributed by atoms with Gasteiger partial charge in [0.1, 0.15) is 10.5 Å². The number of benzene rings is 2. The summed E-state index contributed by atoms with van der Waals surface area (Å²) in [6.07, 6.45) is 8.27. The van der Waals surface area contributed by atoms with E-state index in [2.05, 4.69) is 53.2 Å². The maximum atomic E-state index is 15.0. The predicted molar refractivity (Wildman–Crippen MR) is 199 cm³/mol. The standard InChI is InChI=1S/C33H40N4O4S.C4H10.C2H4O2.H2/c1-41-24-8-10-25-27(18-24)28-19-33(28,42(39,40)37-16-15-35-13-11-23(37)12-14-35)20-36-29-17-22(32(34)38)7-9-26(29)30(31(25)36)21-5-3-2-4-6-21;1-4(2)3;1-4-2-3;/h7-10,17-18,21,23,28H,2-6,11-16,19-20H2,1H3,(H2,34,38);4H,1-3H3;2H,1H3;1H. The molecular weight excluding hydrogens is 653 g/mol. The van der Waals surface area contributed by atoms with Crippen molar-refractivity contribution in [1.82, 2.24) is 13.8 Å². The van der Waals surface area contributed by atoms with E-state index in [9.17, 15) is 13.2 Å². The molecule has 2 atom stereocenters. The van der Waals surface area contributed by atoms with E-state index in [4.69, 9.17) is 15.3 Å². The van der Waals surface area contributed by atoms with Crippen molar-refractivity contribution in [2.24, 2.45) is 11.7 Å². The molecule has 50 heavy (non-hydrogen) atoms. The number of hydrogen-bond acceptors (Lipinski definition) is 7. The molecule has 2 N–H and O–H groups in total. The molecule has 9 rings (SSSR count). The van der Waals surface area contributed by atoms with Crippen LogP contribution < -0.4 is 10.5 Å². The summed E-state index contributed by atoms with van der Waals surface area (Å²) in [6, 6.07) is 12.1. The summed E-state index contributed by atoms with van der Waals surface area (Å²) in [5.74, 6) is 1.41. The van der Waals surface area contributed by atoms with Crippen LogP contribution in [0.1, 0.15) is 107 Å². The van der Waals surface area contributed by atoms with Gasteiger partial charge in [0.25, 0.3) is 6.47 Å². The topological polar surface area (TPSA) is 124 Å². The van der Waals surface area contributed by atoms with Gasteiger partial charge in [0.2, 0.25) is 15.9 Å². The van der Waals surface area contributed by atoms with Crippen molar-refractivity contribution >= 4 is 33.3 Å². The first kappa shape index (κ1) is 36.4. The molecule has 10 nitrogen and oxygen atoms in total. The number of methoxy groups -OCH3 is 2. The summed E-state index contributed by atoms with van der Waals surface area (Å²) in [6.45, 7) is 10.6. The molecule has 2 aliphatic carbocycles. The third-order valence-corrected chi connectivity index (χ3v) is 14.0. The van der Waals surface area contributed by atoms with Gasteiger partial charge in [0, 0.05) is 55.1 Å². The predicted octanol–water partition coefficient (Wildman–Crippen LogP) is 6.51. The summed E-state index contributed by atoms with van der Waals surface area (Å²) >= 11 is 0. The molecule has 274 valence electrons. The zero-order chi connectivity index (χ0) is 35.8. The van der Waals surface area contributed by atoms with E-state index in [0.29, 0.717) is 37.5 Å². The number of fused-ring (bicyclic) bond motifs is 11. The first-order valence-corrected chi connectivity index (χ1v) is 19.8. The lowest BCUT2D eigenvalue weighted by molar-refractivity contribution is -0.126. The molecule has 0 radical (unpaired) electrons. The van der Waals surface area contributed by atoms with Gasteiger partial charge in [0.15, 0.2) is 0 Å². The van der Waals surface area contributed by atoms with Gasteiger partial charge in [-0.3, -0.25) is 9.59 Å². The number of ether oxygens (including phenoxy) is 2. The van der Waals surface area contributed by atoms with Crippen LogP contribution in [0.5, 0.6) is 5.75 Å². The second kappa shape index (κ2) is 14.7. The maximum Gasteiger partial charge on any atom is 0.292 e. The van der Waals surface area contributed by atoms with Gasteiger partial charge in [-0.05, 0) is 98.5 Å². The fraction of sp³-hybridized carbons (Fsp3) is 0.590. The lowest BCUT2D eigenvalue weighted by Crippen LogP contribution is -2.48. The lowest BCUT2D eigenvalue weighted by atomic mass is 9.81. The average molecular weight is 709 g/mol. The Kier molecular flexibility index (Phi) is 10.7. The van der Waals surface area contributed by atoms with E-state index in [1.807, 2.05) is 22.5 Å². The Morgan fingerprint density at radius 2 is 1.66 bits per heavy atom. The summed E-state index contributed by atoms with van der Waals surface area (Å²) in [5.41, 5.74) is 11.8. The highest BCUT2D eigenvalue weighted by Crippen LogP contribution is 2.64. The molecule has 5 fully saturated rings. The molecule has 1 aromatic heterocycles. The number of carbonyl (C=O) groups excluding carboxylic acids is 2. The van der Waals surface area contributed by atoms with E-state index < -0.39 is 20.7 Å². The van der Waals surface area contributed by atoms with E-state index in [1.54, 1.807) is 7.11 Å². The highest BCUT2D eigenvalue weighted by Gasteiger charge is 2.68. The Balaban J connectivity index is 0.000000511. The van der Waals surface area contributed by atoms with Gasteiger partial charge in [-0.2, -0.15) is 4.31 Å². The van der Waals surface area contributed by atoms with Crippen molar-refractivity contribution in [2.75, 3.05) is 40.4 Å². The molecule has 2 aromatic carbocycles. The van der Waals surface area contributed by atoms with Gasteiger partial charge in [-0.25, -0.2) is 8.42 Å². The number of aromatic nitrogens is 1. The third-order valence-electron chi connectivity index (χ3n) is 11.3. The second-order valence-electron chi connectivity index (χ2n) is 15.3. The molecule has 5 heterocycles. The highest BCUT2D eigenvalue weighted by atomic mass is 32.2. The molecular formula is C39H56N4O6S. The molecule has 2 unspecified atom stereocenters. The lowest BCUT2D eigenvalue weighted by Gasteiger charge is -2.34. The average Bonchev–Trinajstić information content (AvgIpc) is 3.87. The Hall–Kier alpha value is -3.41. The fourth-order valence-corrected chi connectivity index (χ4v) is 11.4. The SMILES string of the molecule is CC(C)C.COC=O.COc1ccc2c(c1)C1CC1(S(=O)(=O)N1CCN3CCC1CC3)Cn1c-2c(C2CCCCC2)c2ccc(C(N)=O)cc21.[HH]. The summed E-state index contributed by atoms with van der Waals surface area (Å²) in [5, 5.41) is 1.12. The monoisotopic (exact) mass is 708 g/mol. The molecule has 2 bridgehead atoms. The molecule has 3 saturated heterocycles. The Labute approximate surface area is 298 Å². The van der Waals surface area contributed by atoms with E-state index in [-0.39, 0.29) is 13.4 Å². The molecule has 6 aliphatic rings. The number of nitrogens with zero attached hydrogens (tertiary/aromatic N) is 3. The summed E-state index contributed by atoms with van der Waals surface area (Å²) < 4.78 is 42.7. The number of rotatable bonds is 6. The number of amides is 1. The summed E-state index contributed by atoms with van der Waals surface area (Å²) in [7, 11) is -0.667. The molecule has 1 amide bonds. The minimum atomic E-state index is -3.65. The minimum absolute atomic E-state index is 0. The molecule has 11 heteroatoms. The zero-order valence-corrected chi connectivity index (χ0v) is 31.1. The first-order valence-electron chi connectivity index (χ1n) is 18.3. The number of sulfonamides is 1. The van der Waals surface area contributed by atoms with Gasteiger partial charge >= 0.3 is 0 Å². The van der Waals surface area contributed by atoms with Crippen LogP contribution in [0, 0.1) is 5.92 Å². The van der Waals surface area contributed by atoms with Crippen molar-refractivity contribution in [2.45, 2.75) is 101 Å². The molecule has 3 aromatic rings. The Morgan fingerprint density at radius 1 is 0.980 bits per heavy atom. The molecule has 2 saturated carbocycles. The van der Waals surface area contributed by atoms with Gasteiger partial charge in [0.05, 0.1) is 19.9 Å². The largest absolute Gasteiger partial charge is 0.497 e. The van der Waals surface area contributed by atoms with Gasteiger partial charge < -0.3 is 24.7 Å². The first-order chi connectivity index (χ1) is 24.0. The van der Waals surface area contributed by atoms with Crippen LogP contribution in [0.4, 0.5) is 0 Å². The van der Waals surface area contributed by atoms with Crippen molar-refractivity contribution in [3.05, 3.63) is 53.1 Å². The molecule has 4 aliphatic heterocycles. The van der Waals surface area contributed by atoms with Crippen molar-refractivity contribution in [1.29, 1.82) is 0 Å². The number of carbonyl (C=O) groups is 2. The van der Waals surface area contributed by atoms with Crippen molar-refractivity contribution in [3.63, 3.8) is 0 Å². The number of nitrogens with two attached hydrogens (primary N) is 1. The van der Waals surface area contributed by atoms with E-state index in [0.717, 1.165) is 84.7 Å². The van der Waals surface area contributed by atoms with Crippen LogP contribution in [0.15, 0.2) is 36.4 Å². The van der Waals surface area contributed by atoms with E-state index in [1.165, 1.54) is 31.9 Å². The second-order valence-corrected chi connectivity index (χ2v) is 17.5. The number of primary amides is 1. The third kappa shape index (κ3) is 6.57. The van der Waals surface area contributed by atoms with Crippen LogP contribution in [0.2, 0.25) is 0 Å². The minimum Gasteiger partial charge on any atom is -0.497 e. The van der Waals surface area contributed by atoms with Crippen molar-refractivity contribution < 1.29 is 28.9 Å². The number of hydrogen-bond donors (Lipinski definition) is 1. The van der Waals surface area contributed by atoms with Gasteiger partial charge in [-0.1, -0.05) is 46.1 Å². The fourth-order valence-electron chi connectivity index (χ4n) is 8.85. The quantitative estimate of drug-likeness (QED) is 0.290. The molecule has 0 spiro atoms. The maximum absolute atomic E-state index is 15.0. The van der Waals surface area contributed by atoms with Crippen molar-refractivity contribution in [3.8, 4) is 17.0 Å². The van der Waals surface area contributed by atoms with Crippen LogP contribution in [0.3, 0.4) is 0 Å². The summed E-state index contributed by atoms with van der Waals surface area (Å²) in [4.78, 5) is 23.7. The smallest absolute Gasteiger partial charge is 0.292 e. The normalized spacial score (nSPS) is 25.8. The van der Waals surface area contributed by atoms with E-state index >= 15 is 0 Å².